The smallest absolute Gasteiger partial charge is 0.410 e. The first-order valence-corrected chi connectivity index (χ1v) is 7.86. The van der Waals surface area contributed by atoms with Gasteiger partial charge in [-0.25, -0.2) is 13.6 Å². The van der Waals surface area contributed by atoms with Crippen molar-refractivity contribution in [3.8, 4) is 0 Å². The minimum Gasteiger partial charge on any atom is -0.444 e. The molecule has 1 amide bonds. The molecule has 1 aliphatic rings. The van der Waals surface area contributed by atoms with E-state index in [1.807, 2.05) is 0 Å². The molecule has 22 heavy (non-hydrogen) atoms. The fourth-order valence-corrected chi connectivity index (χ4v) is 2.70. The van der Waals surface area contributed by atoms with Crippen molar-refractivity contribution in [2.24, 2.45) is 0 Å². The van der Waals surface area contributed by atoms with Crippen LogP contribution in [0.15, 0.2) is 10.7 Å². The van der Waals surface area contributed by atoms with Crippen LogP contribution in [0.3, 0.4) is 0 Å². The topological polar surface area (TPSA) is 47.4 Å². The summed E-state index contributed by atoms with van der Waals surface area (Å²) in [6.45, 7) is 6.41. The van der Waals surface area contributed by atoms with E-state index in [0.29, 0.717) is 10.2 Å². The van der Waals surface area contributed by atoms with E-state index >= 15 is 0 Å². The Morgan fingerprint density at radius 2 is 2.14 bits per heavy atom. The molecule has 1 unspecified atom stereocenters. The fourth-order valence-electron chi connectivity index (χ4n) is 2.43. The lowest BCUT2D eigenvalue weighted by molar-refractivity contribution is -0.107. The summed E-state index contributed by atoms with van der Waals surface area (Å²) < 4.78 is 36.1. The molecule has 1 atom stereocenters. The van der Waals surface area contributed by atoms with Gasteiger partial charge in [0.1, 0.15) is 11.6 Å². The Labute approximate surface area is 136 Å². The molecule has 0 spiro atoms. The molecule has 1 saturated heterocycles. The quantitative estimate of drug-likeness (QED) is 0.745. The Hall–Kier alpha value is -1.18. The van der Waals surface area contributed by atoms with Crippen LogP contribution in [-0.2, 0) is 4.74 Å². The van der Waals surface area contributed by atoms with Crippen molar-refractivity contribution in [3.63, 3.8) is 0 Å². The molecule has 0 aliphatic carbocycles. The highest BCUT2D eigenvalue weighted by molar-refractivity contribution is 9.10. The second-order valence-electron chi connectivity index (χ2n) is 6.49. The largest absolute Gasteiger partial charge is 0.444 e. The molecule has 0 bridgehead atoms. The zero-order valence-corrected chi connectivity index (χ0v) is 14.7. The van der Waals surface area contributed by atoms with Gasteiger partial charge in [0.2, 0.25) is 0 Å². The number of piperidine rings is 1. The van der Waals surface area contributed by atoms with E-state index in [-0.39, 0.29) is 13.0 Å². The summed E-state index contributed by atoms with van der Waals surface area (Å²) in [7, 11) is 0. The molecule has 8 heteroatoms. The number of carbonyl (C=O) groups excluding carboxylic acids is 1. The van der Waals surface area contributed by atoms with Crippen molar-refractivity contribution in [1.29, 1.82) is 0 Å². The zero-order chi connectivity index (χ0) is 16.7. The Balaban J connectivity index is 2.13. The van der Waals surface area contributed by atoms with E-state index in [0.717, 1.165) is 4.90 Å². The molecular weight excluding hydrogens is 360 g/mol. The molecule has 0 saturated carbocycles. The molecule has 124 valence electrons. The number of carbonyl (C=O) groups is 1. The van der Waals surface area contributed by atoms with E-state index in [2.05, 4.69) is 21.0 Å². The number of nitrogens with zero attached hydrogens (tertiary/aromatic N) is 3. The summed E-state index contributed by atoms with van der Waals surface area (Å²) in [5.41, 5.74) is -0.0532. The maximum atomic E-state index is 14.5. The first-order chi connectivity index (χ1) is 10.0. The number of aromatic nitrogens is 2. The van der Waals surface area contributed by atoms with Crippen LogP contribution in [0, 0.1) is 6.92 Å². The normalized spacial score (nSPS) is 21.8. The van der Waals surface area contributed by atoms with E-state index in [4.69, 9.17) is 4.74 Å². The number of hydrogen-bond acceptors (Lipinski definition) is 3. The Morgan fingerprint density at radius 1 is 1.50 bits per heavy atom. The summed E-state index contributed by atoms with van der Waals surface area (Å²) >= 11 is 3.28. The predicted octanol–water partition coefficient (Wildman–Crippen LogP) is 3.77. The highest BCUT2D eigenvalue weighted by Gasteiger charge is 2.48. The van der Waals surface area contributed by atoms with Gasteiger partial charge in [-0.2, -0.15) is 5.10 Å². The molecular formula is C14H20BrF2N3O2. The number of hydrogen-bond donors (Lipinski definition) is 0. The molecule has 0 aromatic carbocycles. The average Bonchev–Trinajstić information content (AvgIpc) is 2.67. The van der Waals surface area contributed by atoms with E-state index in [1.165, 1.54) is 10.9 Å². The first kappa shape index (κ1) is 17.2. The van der Waals surface area contributed by atoms with Crippen LogP contribution in [0.2, 0.25) is 0 Å². The SMILES string of the molecule is Cc1c(Br)cnn1C1CCN(C(=O)OC(C)(C)C)CC1(F)F. The molecule has 0 radical (unpaired) electrons. The van der Waals surface area contributed by atoms with Gasteiger partial charge >= 0.3 is 6.09 Å². The molecule has 2 heterocycles. The summed E-state index contributed by atoms with van der Waals surface area (Å²) in [5, 5.41) is 4.02. The lowest BCUT2D eigenvalue weighted by Crippen LogP contribution is -2.52. The number of amides is 1. The third-order valence-corrected chi connectivity index (χ3v) is 4.27. The van der Waals surface area contributed by atoms with Crippen molar-refractivity contribution >= 4 is 22.0 Å². The molecule has 2 rings (SSSR count). The minimum absolute atomic E-state index is 0.126. The Morgan fingerprint density at radius 3 is 2.59 bits per heavy atom. The van der Waals surface area contributed by atoms with Crippen molar-refractivity contribution in [1.82, 2.24) is 14.7 Å². The van der Waals surface area contributed by atoms with Gasteiger partial charge in [0.05, 0.1) is 22.9 Å². The molecule has 1 aromatic rings. The number of ether oxygens (including phenoxy) is 1. The summed E-state index contributed by atoms with van der Waals surface area (Å²) in [5.74, 6) is -3.06. The standard InChI is InChI=1S/C14H20BrF2N3O2/c1-9-10(15)7-18-20(9)11-5-6-19(8-14(11,16)17)12(21)22-13(2,3)4/h7,11H,5-6,8H2,1-4H3. The van der Waals surface area contributed by atoms with Gasteiger partial charge < -0.3 is 9.64 Å². The molecule has 1 aromatic heterocycles. The highest BCUT2D eigenvalue weighted by Crippen LogP contribution is 2.38. The zero-order valence-electron chi connectivity index (χ0n) is 13.1. The van der Waals surface area contributed by atoms with Gasteiger partial charge in [-0.05, 0) is 50.0 Å². The number of rotatable bonds is 1. The first-order valence-electron chi connectivity index (χ1n) is 7.06. The predicted molar refractivity (Wildman–Crippen MR) is 81.1 cm³/mol. The van der Waals surface area contributed by atoms with Gasteiger partial charge in [0.15, 0.2) is 0 Å². The van der Waals surface area contributed by atoms with Crippen LogP contribution in [0.4, 0.5) is 13.6 Å². The molecule has 1 fully saturated rings. The molecule has 1 aliphatic heterocycles. The van der Waals surface area contributed by atoms with E-state index < -0.39 is 30.2 Å². The monoisotopic (exact) mass is 379 g/mol. The van der Waals surface area contributed by atoms with Crippen molar-refractivity contribution in [2.45, 2.75) is 51.7 Å². The van der Waals surface area contributed by atoms with Crippen molar-refractivity contribution in [2.75, 3.05) is 13.1 Å². The second-order valence-corrected chi connectivity index (χ2v) is 7.34. The van der Waals surface area contributed by atoms with E-state index in [1.54, 1.807) is 27.7 Å². The number of alkyl halides is 2. The number of likely N-dealkylation sites (tertiary alicyclic amines) is 1. The van der Waals surface area contributed by atoms with Gasteiger partial charge in [-0.1, -0.05) is 0 Å². The maximum Gasteiger partial charge on any atom is 0.410 e. The maximum absolute atomic E-state index is 14.5. The fraction of sp³-hybridized carbons (Fsp3) is 0.714. The van der Waals surface area contributed by atoms with Crippen molar-refractivity contribution < 1.29 is 18.3 Å². The Kier molecular flexibility index (Phi) is 4.52. The van der Waals surface area contributed by atoms with Crippen LogP contribution < -0.4 is 0 Å². The van der Waals surface area contributed by atoms with Gasteiger partial charge in [0.25, 0.3) is 5.92 Å². The van der Waals surface area contributed by atoms with Gasteiger partial charge in [-0.3, -0.25) is 4.68 Å². The lowest BCUT2D eigenvalue weighted by Gasteiger charge is -2.39. The summed E-state index contributed by atoms with van der Waals surface area (Å²) in [6.07, 6.45) is 0.927. The van der Waals surface area contributed by atoms with Crippen LogP contribution in [0.1, 0.15) is 38.9 Å². The average molecular weight is 380 g/mol. The second kappa shape index (κ2) is 5.79. The van der Waals surface area contributed by atoms with Crippen LogP contribution in [0.25, 0.3) is 0 Å². The minimum atomic E-state index is -3.06. The van der Waals surface area contributed by atoms with Crippen LogP contribution in [0.5, 0.6) is 0 Å². The van der Waals surface area contributed by atoms with Gasteiger partial charge in [-0.15, -0.1) is 0 Å². The van der Waals surface area contributed by atoms with Gasteiger partial charge in [0, 0.05) is 6.54 Å². The Bertz CT molecular complexity index is 569. The van der Waals surface area contributed by atoms with Crippen LogP contribution in [-0.4, -0.2) is 45.4 Å². The summed E-state index contributed by atoms with van der Waals surface area (Å²) in [4.78, 5) is 13.0. The molecule has 0 N–H and O–H groups in total. The van der Waals surface area contributed by atoms with Crippen LogP contribution >= 0.6 is 15.9 Å². The summed E-state index contributed by atoms with van der Waals surface area (Å²) in [6, 6.07) is -1.06. The number of halogens is 3. The third-order valence-electron chi connectivity index (χ3n) is 3.49. The lowest BCUT2D eigenvalue weighted by atomic mass is 10.0. The van der Waals surface area contributed by atoms with E-state index in [9.17, 15) is 13.6 Å². The highest BCUT2D eigenvalue weighted by atomic mass is 79.9. The van der Waals surface area contributed by atoms with Crippen molar-refractivity contribution in [3.05, 3.63) is 16.4 Å². The third kappa shape index (κ3) is 3.59. The molecule has 5 nitrogen and oxygen atoms in total.